The standard InChI is InChI=1S/C22H29N3O4S2/c1-19-17-21(25-11-5-6-16-30(25,26)27)9-10-22(19)31(28,29)24-14-12-23(13-15-24)18-20-7-3-2-4-8-20/h2-4,7-10,17H,5-6,11-16,18H2,1H3. The quantitative estimate of drug-likeness (QED) is 0.681. The maximum atomic E-state index is 13.3. The molecule has 2 fully saturated rings. The number of hydrogen-bond acceptors (Lipinski definition) is 5. The number of aryl methyl sites for hydroxylation is 1. The molecule has 2 aliphatic rings. The van der Waals surface area contributed by atoms with Crippen LogP contribution in [0.3, 0.4) is 0 Å². The zero-order valence-electron chi connectivity index (χ0n) is 17.8. The fourth-order valence-corrected chi connectivity index (χ4v) is 7.53. The Kier molecular flexibility index (Phi) is 6.39. The molecule has 0 amide bonds. The zero-order chi connectivity index (χ0) is 22.1. The highest BCUT2D eigenvalue weighted by Gasteiger charge is 2.31. The van der Waals surface area contributed by atoms with Gasteiger partial charge in [0, 0.05) is 39.3 Å². The lowest BCUT2D eigenvalue weighted by atomic mass is 10.2. The van der Waals surface area contributed by atoms with Gasteiger partial charge in [-0.1, -0.05) is 30.3 Å². The minimum absolute atomic E-state index is 0.138. The molecule has 0 spiro atoms. The van der Waals surface area contributed by atoms with Crippen molar-refractivity contribution in [3.63, 3.8) is 0 Å². The van der Waals surface area contributed by atoms with Crippen LogP contribution in [0.2, 0.25) is 0 Å². The maximum absolute atomic E-state index is 13.3. The van der Waals surface area contributed by atoms with E-state index in [1.54, 1.807) is 25.1 Å². The number of benzene rings is 2. The zero-order valence-corrected chi connectivity index (χ0v) is 19.4. The van der Waals surface area contributed by atoms with E-state index in [1.165, 1.54) is 14.2 Å². The molecule has 0 N–H and O–H groups in total. The van der Waals surface area contributed by atoms with E-state index in [0.29, 0.717) is 50.4 Å². The molecule has 4 rings (SSSR count). The smallest absolute Gasteiger partial charge is 0.243 e. The molecule has 2 heterocycles. The van der Waals surface area contributed by atoms with E-state index < -0.39 is 20.0 Å². The Balaban J connectivity index is 1.46. The van der Waals surface area contributed by atoms with Crippen LogP contribution in [0.1, 0.15) is 24.0 Å². The van der Waals surface area contributed by atoms with Gasteiger partial charge < -0.3 is 0 Å². The van der Waals surface area contributed by atoms with Crippen LogP contribution in [0.4, 0.5) is 5.69 Å². The van der Waals surface area contributed by atoms with E-state index in [0.717, 1.165) is 13.0 Å². The van der Waals surface area contributed by atoms with Gasteiger partial charge in [0.2, 0.25) is 20.0 Å². The summed E-state index contributed by atoms with van der Waals surface area (Å²) in [6.07, 6.45) is 1.48. The summed E-state index contributed by atoms with van der Waals surface area (Å²) in [5, 5.41) is 0. The van der Waals surface area contributed by atoms with E-state index in [9.17, 15) is 16.8 Å². The summed E-state index contributed by atoms with van der Waals surface area (Å²) in [7, 11) is -6.95. The summed E-state index contributed by atoms with van der Waals surface area (Å²) in [5.74, 6) is 0.138. The Bertz CT molecular complexity index is 1130. The molecular formula is C22H29N3O4S2. The average Bonchev–Trinajstić information content (AvgIpc) is 2.74. The van der Waals surface area contributed by atoms with Crippen LogP contribution in [0.25, 0.3) is 0 Å². The van der Waals surface area contributed by atoms with E-state index >= 15 is 0 Å². The van der Waals surface area contributed by atoms with Gasteiger partial charge >= 0.3 is 0 Å². The van der Waals surface area contributed by atoms with Crippen molar-refractivity contribution in [1.82, 2.24) is 9.21 Å². The van der Waals surface area contributed by atoms with E-state index in [4.69, 9.17) is 0 Å². The molecule has 31 heavy (non-hydrogen) atoms. The Hall–Kier alpha value is -1.94. The predicted molar refractivity (Wildman–Crippen MR) is 122 cm³/mol. The first kappa shape index (κ1) is 22.3. The van der Waals surface area contributed by atoms with Crippen LogP contribution in [-0.2, 0) is 26.6 Å². The first-order chi connectivity index (χ1) is 14.8. The van der Waals surface area contributed by atoms with Crippen molar-refractivity contribution in [1.29, 1.82) is 0 Å². The highest BCUT2D eigenvalue weighted by Crippen LogP contribution is 2.29. The summed E-state index contributed by atoms with van der Waals surface area (Å²) in [6, 6.07) is 15.0. The van der Waals surface area contributed by atoms with Crippen molar-refractivity contribution in [2.45, 2.75) is 31.2 Å². The number of nitrogens with zero attached hydrogens (tertiary/aromatic N) is 3. The third-order valence-corrected chi connectivity index (χ3v) is 9.92. The molecule has 0 atom stereocenters. The van der Waals surface area contributed by atoms with Crippen LogP contribution in [0.5, 0.6) is 0 Å². The Labute approximate surface area is 185 Å². The second-order valence-corrected chi connectivity index (χ2v) is 12.1. The molecule has 0 aromatic heterocycles. The van der Waals surface area contributed by atoms with Crippen molar-refractivity contribution in [2.75, 3.05) is 42.8 Å². The van der Waals surface area contributed by atoms with Crippen LogP contribution in [0.15, 0.2) is 53.4 Å². The van der Waals surface area contributed by atoms with Crippen LogP contribution < -0.4 is 4.31 Å². The summed E-state index contributed by atoms with van der Waals surface area (Å²) in [4.78, 5) is 2.51. The van der Waals surface area contributed by atoms with Crippen molar-refractivity contribution in [3.8, 4) is 0 Å². The number of rotatable bonds is 5. The van der Waals surface area contributed by atoms with Gasteiger partial charge in [-0.05, 0) is 49.1 Å². The van der Waals surface area contributed by atoms with Crippen LogP contribution in [0, 0.1) is 6.92 Å². The van der Waals surface area contributed by atoms with Gasteiger partial charge in [-0.3, -0.25) is 9.21 Å². The summed E-state index contributed by atoms with van der Waals surface area (Å²) in [5.41, 5.74) is 2.34. The van der Waals surface area contributed by atoms with Crippen LogP contribution >= 0.6 is 0 Å². The minimum atomic E-state index is -3.63. The molecule has 0 bridgehead atoms. The van der Waals surface area contributed by atoms with Gasteiger partial charge in [0.05, 0.1) is 16.3 Å². The van der Waals surface area contributed by atoms with E-state index in [1.807, 2.05) is 18.2 Å². The SMILES string of the molecule is Cc1cc(N2CCCCS2(=O)=O)ccc1S(=O)(=O)N1CCN(Cc2ccccc2)CC1. The summed E-state index contributed by atoms with van der Waals surface area (Å²) < 4.78 is 54.2. The third-order valence-electron chi connectivity index (χ3n) is 5.99. The molecule has 0 radical (unpaired) electrons. The fourth-order valence-electron chi connectivity index (χ4n) is 4.27. The molecule has 2 aliphatic heterocycles. The third kappa shape index (κ3) is 4.79. The maximum Gasteiger partial charge on any atom is 0.243 e. The molecule has 7 nitrogen and oxygen atoms in total. The molecule has 0 unspecified atom stereocenters. The lowest BCUT2D eigenvalue weighted by Crippen LogP contribution is -2.48. The summed E-state index contributed by atoms with van der Waals surface area (Å²) in [6.45, 7) is 5.23. The number of anilines is 1. The Morgan fingerprint density at radius 3 is 2.26 bits per heavy atom. The topological polar surface area (TPSA) is 78.0 Å². The summed E-state index contributed by atoms with van der Waals surface area (Å²) >= 11 is 0. The highest BCUT2D eigenvalue weighted by molar-refractivity contribution is 7.92. The molecule has 168 valence electrons. The number of piperazine rings is 1. The fraction of sp³-hybridized carbons (Fsp3) is 0.455. The van der Waals surface area contributed by atoms with Crippen molar-refractivity contribution >= 4 is 25.7 Å². The normalized spacial score (nSPS) is 20.6. The first-order valence-electron chi connectivity index (χ1n) is 10.6. The van der Waals surface area contributed by atoms with Gasteiger partial charge in [0.25, 0.3) is 0 Å². The molecular weight excluding hydrogens is 434 g/mol. The Morgan fingerprint density at radius 2 is 1.61 bits per heavy atom. The number of hydrogen-bond donors (Lipinski definition) is 0. The highest BCUT2D eigenvalue weighted by atomic mass is 32.2. The van der Waals surface area contributed by atoms with Gasteiger partial charge in [-0.25, -0.2) is 16.8 Å². The van der Waals surface area contributed by atoms with Crippen molar-refractivity contribution in [3.05, 3.63) is 59.7 Å². The van der Waals surface area contributed by atoms with Gasteiger partial charge in [0.1, 0.15) is 0 Å². The van der Waals surface area contributed by atoms with Gasteiger partial charge in [-0.15, -0.1) is 0 Å². The van der Waals surface area contributed by atoms with Gasteiger partial charge in [0.15, 0.2) is 0 Å². The molecule has 9 heteroatoms. The molecule has 2 aromatic rings. The van der Waals surface area contributed by atoms with Crippen molar-refractivity contribution in [2.24, 2.45) is 0 Å². The molecule has 2 aromatic carbocycles. The van der Waals surface area contributed by atoms with E-state index in [2.05, 4.69) is 17.0 Å². The average molecular weight is 464 g/mol. The monoisotopic (exact) mass is 463 g/mol. The lowest BCUT2D eigenvalue weighted by Gasteiger charge is -2.34. The van der Waals surface area contributed by atoms with Gasteiger partial charge in [-0.2, -0.15) is 4.31 Å². The second-order valence-electron chi connectivity index (χ2n) is 8.21. The molecule has 0 aliphatic carbocycles. The predicted octanol–water partition coefficient (Wildman–Crippen LogP) is 2.43. The second kappa shape index (κ2) is 8.90. The Morgan fingerprint density at radius 1 is 0.903 bits per heavy atom. The molecule has 2 saturated heterocycles. The number of sulfonamides is 2. The van der Waals surface area contributed by atoms with E-state index in [-0.39, 0.29) is 10.6 Å². The first-order valence-corrected chi connectivity index (χ1v) is 13.7. The lowest BCUT2D eigenvalue weighted by molar-refractivity contribution is 0.181. The minimum Gasteiger partial charge on any atom is -0.296 e. The molecule has 0 saturated carbocycles. The van der Waals surface area contributed by atoms with Crippen LogP contribution in [-0.4, -0.2) is 64.5 Å². The van der Waals surface area contributed by atoms with Crippen molar-refractivity contribution < 1.29 is 16.8 Å². The largest absolute Gasteiger partial charge is 0.296 e.